The Hall–Kier alpha value is -1.48. The van der Waals surface area contributed by atoms with Gasteiger partial charge in [0.1, 0.15) is 12.2 Å². The molecule has 0 amide bonds. The van der Waals surface area contributed by atoms with E-state index in [9.17, 15) is 0 Å². The fourth-order valence-corrected chi connectivity index (χ4v) is 3.54. The molecule has 0 radical (unpaired) electrons. The summed E-state index contributed by atoms with van der Waals surface area (Å²) in [6.45, 7) is 5.98. The van der Waals surface area contributed by atoms with Gasteiger partial charge in [-0.3, -0.25) is 0 Å². The van der Waals surface area contributed by atoms with Crippen LogP contribution in [0, 0.1) is 0 Å². The average Bonchev–Trinajstić information content (AvgIpc) is 3.23. The molecule has 2 aliphatic heterocycles. The molecule has 2 aliphatic rings. The van der Waals surface area contributed by atoms with Crippen LogP contribution in [-0.4, -0.2) is 13.2 Å². The van der Waals surface area contributed by atoms with Gasteiger partial charge in [-0.2, -0.15) is 0 Å². The SMILES string of the molecule is CCCCCCOc1cc2c(cc1OCCCCCC)C1C=CC2O1. The van der Waals surface area contributed by atoms with Gasteiger partial charge in [0, 0.05) is 0 Å². The molecule has 25 heavy (non-hydrogen) atoms. The van der Waals surface area contributed by atoms with Crippen molar-refractivity contribution < 1.29 is 14.2 Å². The molecule has 3 heteroatoms. The lowest BCUT2D eigenvalue weighted by atomic mass is 9.96. The van der Waals surface area contributed by atoms with Crippen LogP contribution < -0.4 is 9.47 Å². The molecule has 2 unspecified atom stereocenters. The van der Waals surface area contributed by atoms with Crippen LogP contribution in [0.15, 0.2) is 24.3 Å². The van der Waals surface area contributed by atoms with Gasteiger partial charge in [0.05, 0.1) is 13.2 Å². The monoisotopic (exact) mass is 344 g/mol. The molecule has 3 nitrogen and oxygen atoms in total. The topological polar surface area (TPSA) is 27.7 Å². The van der Waals surface area contributed by atoms with E-state index in [0.29, 0.717) is 0 Å². The van der Waals surface area contributed by atoms with Gasteiger partial charge in [-0.25, -0.2) is 0 Å². The van der Waals surface area contributed by atoms with E-state index >= 15 is 0 Å². The van der Waals surface area contributed by atoms with Gasteiger partial charge in [-0.15, -0.1) is 0 Å². The van der Waals surface area contributed by atoms with Gasteiger partial charge in [0.15, 0.2) is 11.5 Å². The standard InChI is InChI=1S/C22H32O3/c1-3-5-7-9-13-23-21-15-17-18(20-12-11-19(17)25-20)16-22(21)24-14-10-8-6-4-2/h11-12,15-16,19-20H,3-10,13-14H2,1-2H3. The molecule has 138 valence electrons. The highest BCUT2D eigenvalue weighted by Crippen LogP contribution is 2.49. The third-order valence-corrected chi connectivity index (χ3v) is 5.03. The van der Waals surface area contributed by atoms with E-state index in [-0.39, 0.29) is 12.2 Å². The zero-order valence-electron chi connectivity index (χ0n) is 15.8. The van der Waals surface area contributed by atoms with Crippen LogP contribution in [0.25, 0.3) is 0 Å². The molecule has 2 heterocycles. The zero-order chi connectivity index (χ0) is 17.5. The van der Waals surface area contributed by atoms with Gasteiger partial charge >= 0.3 is 0 Å². The number of rotatable bonds is 12. The molecule has 0 saturated heterocycles. The van der Waals surface area contributed by atoms with Gasteiger partial charge in [0.2, 0.25) is 0 Å². The van der Waals surface area contributed by atoms with Crippen molar-refractivity contribution in [1.29, 1.82) is 0 Å². The number of unbranched alkanes of at least 4 members (excludes halogenated alkanes) is 6. The molecular formula is C22H32O3. The predicted octanol–water partition coefficient (Wildman–Crippen LogP) is 6.29. The Kier molecular flexibility index (Phi) is 6.80. The Morgan fingerprint density at radius 1 is 0.720 bits per heavy atom. The molecule has 0 saturated carbocycles. The van der Waals surface area contributed by atoms with Crippen molar-refractivity contribution in [3.05, 3.63) is 35.4 Å². The summed E-state index contributed by atoms with van der Waals surface area (Å²) in [4.78, 5) is 0. The summed E-state index contributed by atoms with van der Waals surface area (Å²) in [6.07, 6.45) is 14.2. The summed E-state index contributed by atoms with van der Waals surface area (Å²) in [6, 6.07) is 4.29. The third-order valence-electron chi connectivity index (χ3n) is 5.03. The molecule has 0 N–H and O–H groups in total. The Bertz CT molecular complexity index is 530. The van der Waals surface area contributed by atoms with Crippen molar-refractivity contribution in [3.63, 3.8) is 0 Å². The fourth-order valence-electron chi connectivity index (χ4n) is 3.54. The highest BCUT2D eigenvalue weighted by atomic mass is 16.5. The Morgan fingerprint density at radius 3 is 1.64 bits per heavy atom. The van der Waals surface area contributed by atoms with Gasteiger partial charge in [-0.1, -0.05) is 64.5 Å². The van der Waals surface area contributed by atoms with Crippen molar-refractivity contribution in [2.45, 2.75) is 77.4 Å². The molecule has 2 atom stereocenters. The van der Waals surface area contributed by atoms with Crippen molar-refractivity contribution in [2.24, 2.45) is 0 Å². The molecular weight excluding hydrogens is 312 g/mol. The summed E-state index contributed by atoms with van der Waals surface area (Å²) in [7, 11) is 0. The second kappa shape index (κ2) is 9.28. The van der Waals surface area contributed by atoms with E-state index in [0.717, 1.165) is 37.6 Å². The van der Waals surface area contributed by atoms with E-state index < -0.39 is 0 Å². The minimum absolute atomic E-state index is 0.0982. The van der Waals surface area contributed by atoms with E-state index in [1.165, 1.54) is 49.7 Å². The predicted molar refractivity (Wildman–Crippen MR) is 101 cm³/mol. The average molecular weight is 344 g/mol. The Morgan fingerprint density at radius 2 is 1.20 bits per heavy atom. The maximum atomic E-state index is 6.09. The first-order chi connectivity index (χ1) is 12.3. The Labute approximate surface area is 152 Å². The highest BCUT2D eigenvalue weighted by molar-refractivity contribution is 5.54. The van der Waals surface area contributed by atoms with E-state index in [2.05, 4.69) is 38.1 Å². The zero-order valence-corrected chi connectivity index (χ0v) is 15.8. The molecule has 0 aromatic heterocycles. The lowest BCUT2D eigenvalue weighted by Gasteiger charge is -2.17. The maximum absolute atomic E-state index is 6.09. The number of benzene rings is 1. The fraction of sp³-hybridized carbons (Fsp3) is 0.636. The van der Waals surface area contributed by atoms with E-state index in [1.807, 2.05) is 0 Å². The maximum Gasteiger partial charge on any atom is 0.161 e. The van der Waals surface area contributed by atoms with Crippen molar-refractivity contribution in [3.8, 4) is 11.5 Å². The minimum atomic E-state index is 0.0982. The molecule has 0 aliphatic carbocycles. The first-order valence-corrected chi connectivity index (χ1v) is 10.1. The first-order valence-electron chi connectivity index (χ1n) is 10.1. The molecule has 2 bridgehead atoms. The van der Waals surface area contributed by atoms with Crippen molar-refractivity contribution >= 4 is 0 Å². The summed E-state index contributed by atoms with van der Waals surface area (Å²) in [5.74, 6) is 1.77. The summed E-state index contributed by atoms with van der Waals surface area (Å²) >= 11 is 0. The van der Waals surface area contributed by atoms with Crippen molar-refractivity contribution in [1.82, 2.24) is 0 Å². The second-order valence-corrected chi connectivity index (χ2v) is 7.11. The smallest absolute Gasteiger partial charge is 0.161 e. The van der Waals surface area contributed by atoms with E-state index in [4.69, 9.17) is 14.2 Å². The molecule has 0 fully saturated rings. The number of ether oxygens (including phenoxy) is 3. The van der Waals surface area contributed by atoms with Crippen LogP contribution in [0.2, 0.25) is 0 Å². The molecule has 1 aromatic rings. The lowest BCUT2D eigenvalue weighted by molar-refractivity contribution is 0.0878. The van der Waals surface area contributed by atoms with Crippen LogP contribution >= 0.6 is 0 Å². The van der Waals surface area contributed by atoms with Gasteiger partial charge in [0.25, 0.3) is 0 Å². The molecule has 0 spiro atoms. The van der Waals surface area contributed by atoms with Crippen LogP contribution in [0.1, 0.15) is 88.5 Å². The summed E-state index contributed by atoms with van der Waals surface area (Å²) in [5, 5.41) is 0. The number of fused-ring (bicyclic) bond motifs is 5. The van der Waals surface area contributed by atoms with Gasteiger partial charge in [-0.05, 0) is 36.1 Å². The van der Waals surface area contributed by atoms with Crippen LogP contribution in [0.3, 0.4) is 0 Å². The Balaban J connectivity index is 1.63. The highest BCUT2D eigenvalue weighted by Gasteiger charge is 2.35. The van der Waals surface area contributed by atoms with Gasteiger partial charge < -0.3 is 14.2 Å². The molecule has 3 rings (SSSR count). The van der Waals surface area contributed by atoms with Crippen LogP contribution in [0.5, 0.6) is 11.5 Å². The van der Waals surface area contributed by atoms with E-state index in [1.54, 1.807) is 0 Å². The minimum Gasteiger partial charge on any atom is -0.490 e. The number of hydrogen-bond donors (Lipinski definition) is 0. The number of hydrogen-bond acceptors (Lipinski definition) is 3. The third kappa shape index (κ3) is 4.58. The summed E-state index contributed by atoms with van der Waals surface area (Å²) in [5.41, 5.74) is 2.49. The first kappa shape index (κ1) is 18.3. The van der Waals surface area contributed by atoms with Crippen molar-refractivity contribution in [2.75, 3.05) is 13.2 Å². The van der Waals surface area contributed by atoms with Crippen LogP contribution in [0.4, 0.5) is 0 Å². The second-order valence-electron chi connectivity index (χ2n) is 7.11. The largest absolute Gasteiger partial charge is 0.490 e. The molecule has 1 aromatic carbocycles. The quantitative estimate of drug-likeness (QED) is 0.329. The normalized spacial score (nSPS) is 20.1. The van der Waals surface area contributed by atoms with Crippen LogP contribution in [-0.2, 0) is 4.74 Å². The lowest BCUT2D eigenvalue weighted by Crippen LogP contribution is -2.05. The summed E-state index contributed by atoms with van der Waals surface area (Å²) < 4.78 is 18.1.